The van der Waals surface area contributed by atoms with Crippen LogP contribution in [0, 0.1) is 6.92 Å². The van der Waals surface area contributed by atoms with Crippen LogP contribution < -0.4 is 0 Å². The first kappa shape index (κ1) is 8.84. The first-order valence-corrected chi connectivity index (χ1v) is 5.78. The summed E-state index contributed by atoms with van der Waals surface area (Å²) in [6, 6.07) is 1.98. The van der Waals surface area contributed by atoms with Crippen molar-refractivity contribution in [3.05, 3.63) is 35.2 Å². The lowest BCUT2D eigenvalue weighted by molar-refractivity contribution is 0.528. The Balaban J connectivity index is 1.97. The molecule has 0 fully saturated rings. The average molecular weight is 211 g/mol. The van der Waals surface area contributed by atoms with Gasteiger partial charge in [-0.2, -0.15) is 0 Å². The molecule has 2 aromatic rings. The number of aryl methyl sites for hydroxylation is 1. The maximum absolute atomic E-state index is 5.32. The summed E-state index contributed by atoms with van der Waals surface area (Å²) in [5.74, 6) is 1.91. The van der Waals surface area contributed by atoms with Crippen LogP contribution in [-0.2, 0) is 5.75 Å². The van der Waals surface area contributed by atoms with E-state index in [9.17, 15) is 0 Å². The van der Waals surface area contributed by atoms with E-state index in [4.69, 9.17) is 4.42 Å². The Labute approximate surface area is 85.0 Å². The van der Waals surface area contributed by atoms with Gasteiger partial charge in [0.2, 0.25) is 0 Å². The summed E-state index contributed by atoms with van der Waals surface area (Å²) < 4.78 is 6.41. The van der Waals surface area contributed by atoms with Crippen molar-refractivity contribution in [1.29, 1.82) is 0 Å². The quantitative estimate of drug-likeness (QED) is 0.728. The molecule has 0 radical (unpaired) electrons. The molecule has 0 spiro atoms. The van der Waals surface area contributed by atoms with E-state index in [-0.39, 0.29) is 0 Å². The van der Waals surface area contributed by atoms with Crippen molar-refractivity contribution >= 4 is 23.1 Å². The number of nitrogens with zero attached hydrogens (tertiary/aromatic N) is 1. The Morgan fingerprint density at radius 1 is 1.62 bits per heavy atom. The molecule has 0 aliphatic heterocycles. The summed E-state index contributed by atoms with van der Waals surface area (Å²) in [5, 5.41) is 1.98. The second kappa shape index (κ2) is 3.98. The largest absolute Gasteiger partial charge is 0.468 e. The van der Waals surface area contributed by atoms with E-state index in [1.165, 1.54) is 5.56 Å². The molecule has 4 heteroatoms. The highest BCUT2D eigenvalue weighted by molar-refractivity contribution is 8.00. The molecule has 2 heterocycles. The third-order valence-electron chi connectivity index (χ3n) is 1.70. The lowest BCUT2D eigenvalue weighted by Gasteiger charge is -1.95. The van der Waals surface area contributed by atoms with Gasteiger partial charge in [-0.1, -0.05) is 11.8 Å². The number of furan rings is 1. The van der Waals surface area contributed by atoms with Gasteiger partial charge in [0.1, 0.15) is 10.1 Å². The number of thiazole rings is 1. The zero-order chi connectivity index (χ0) is 9.10. The summed E-state index contributed by atoms with van der Waals surface area (Å²) in [6.45, 7) is 2.06. The Morgan fingerprint density at radius 2 is 2.54 bits per heavy atom. The molecule has 68 valence electrons. The molecule has 13 heavy (non-hydrogen) atoms. The fraction of sp³-hybridized carbons (Fsp3) is 0.222. The summed E-state index contributed by atoms with van der Waals surface area (Å²) in [4.78, 5) is 4.19. The lowest BCUT2D eigenvalue weighted by atomic mass is 10.3. The lowest BCUT2D eigenvalue weighted by Crippen LogP contribution is -1.78. The topological polar surface area (TPSA) is 26.0 Å². The predicted molar refractivity (Wildman–Crippen MR) is 55.1 cm³/mol. The standard InChI is InChI=1S/C9H9NOS2/c1-7-2-4-11-8(7)6-13-9-10-3-5-12-9/h2-5H,6H2,1H3. The highest BCUT2D eigenvalue weighted by Gasteiger charge is 2.03. The summed E-state index contributed by atoms with van der Waals surface area (Å²) in [5.41, 5.74) is 1.21. The molecule has 0 saturated carbocycles. The Bertz CT molecular complexity index is 367. The molecule has 0 N–H and O–H groups in total. The van der Waals surface area contributed by atoms with Crippen LogP contribution >= 0.6 is 23.1 Å². The Hall–Kier alpha value is -0.740. The van der Waals surface area contributed by atoms with Crippen LogP contribution in [0.3, 0.4) is 0 Å². The van der Waals surface area contributed by atoms with Crippen LogP contribution in [0.15, 0.2) is 32.7 Å². The molecular formula is C9H9NOS2. The second-order valence-corrected chi connectivity index (χ2v) is 4.73. The minimum absolute atomic E-state index is 0.867. The molecule has 2 aromatic heterocycles. The van der Waals surface area contributed by atoms with Gasteiger partial charge >= 0.3 is 0 Å². The normalized spacial score (nSPS) is 10.5. The van der Waals surface area contributed by atoms with Gasteiger partial charge in [0.05, 0.1) is 12.0 Å². The third kappa shape index (κ3) is 2.14. The van der Waals surface area contributed by atoms with Gasteiger partial charge in [0.15, 0.2) is 0 Å². The predicted octanol–water partition coefficient (Wildman–Crippen LogP) is 3.34. The van der Waals surface area contributed by atoms with E-state index in [2.05, 4.69) is 11.9 Å². The minimum Gasteiger partial charge on any atom is -0.468 e. The van der Waals surface area contributed by atoms with E-state index < -0.39 is 0 Å². The van der Waals surface area contributed by atoms with Crippen LogP contribution in [0.5, 0.6) is 0 Å². The monoisotopic (exact) mass is 211 g/mol. The maximum Gasteiger partial charge on any atom is 0.150 e. The smallest absolute Gasteiger partial charge is 0.150 e. The summed E-state index contributed by atoms with van der Waals surface area (Å²) in [7, 11) is 0. The van der Waals surface area contributed by atoms with Gasteiger partial charge in [0, 0.05) is 11.6 Å². The van der Waals surface area contributed by atoms with Crippen molar-refractivity contribution in [2.24, 2.45) is 0 Å². The molecular weight excluding hydrogens is 202 g/mol. The van der Waals surface area contributed by atoms with E-state index in [1.54, 1.807) is 29.4 Å². The fourth-order valence-electron chi connectivity index (χ4n) is 0.961. The van der Waals surface area contributed by atoms with Gasteiger partial charge < -0.3 is 4.42 Å². The first-order chi connectivity index (χ1) is 6.36. The third-order valence-corrected chi connectivity index (χ3v) is 3.67. The molecule has 0 amide bonds. The molecule has 0 saturated heterocycles. The highest BCUT2D eigenvalue weighted by atomic mass is 32.2. The number of hydrogen-bond acceptors (Lipinski definition) is 4. The molecule has 0 aliphatic rings. The molecule has 2 rings (SSSR count). The number of hydrogen-bond donors (Lipinski definition) is 0. The number of rotatable bonds is 3. The molecule has 0 bridgehead atoms. The molecule has 0 aliphatic carbocycles. The molecule has 0 unspecified atom stereocenters. The van der Waals surface area contributed by atoms with Gasteiger partial charge in [-0.3, -0.25) is 0 Å². The molecule has 2 nitrogen and oxygen atoms in total. The maximum atomic E-state index is 5.32. The van der Waals surface area contributed by atoms with Crippen molar-refractivity contribution in [2.45, 2.75) is 17.0 Å². The van der Waals surface area contributed by atoms with Crippen LogP contribution in [0.1, 0.15) is 11.3 Å². The van der Waals surface area contributed by atoms with Crippen LogP contribution in [0.25, 0.3) is 0 Å². The highest BCUT2D eigenvalue weighted by Crippen LogP contribution is 2.25. The number of thioether (sulfide) groups is 1. The Morgan fingerprint density at radius 3 is 3.15 bits per heavy atom. The van der Waals surface area contributed by atoms with Crippen LogP contribution in [0.4, 0.5) is 0 Å². The van der Waals surface area contributed by atoms with Gasteiger partial charge in [-0.15, -0.1) is 11.3 Å². The summed E-state index contributed by atoms with van der Waals surface area (Å²) in [6.07, 6.45) is 3.55. The van der Waals surface area contributed by atoms with Crippen molar-refractivity contribution in [3.8, 4) is 0 Å². The van der Waals surface area contributed by atoms with Crippen molar-refractivity contribution < 1.29 is 4.42 Å². The van der Waals surface area contributed by atoms with Gasteiger partial charge in [0.25, 0.3) is 0 Å². The van der Waals surface area contributed by atoms with Crippen molar-refractivity contribution in [2.75, 3.05) is 0 Å². The van der Waals surface area contributed by atoms with E-state index >= 15 is 0 Å². The molecule has 0 aromatic carbocycles. The minimum atomic E-state index is 0.867. The van der Waals surface area contributed by atoms with Crippen LogP contribution in [-0.4, -0.2) is 4.98 Å². The van der Waals surface area contributed by atoms with E-state index in [0.717, 1.165) is 15.9 Å². The Kier molecular flexibility index (Phi) is 2.71. The van der Waals surface area contributed by atoms with Crippen molar-refractivity contribution in [3.63, 3.8) is 0 Å². The summed E-state index contributed by atoms with van der Waals surface area (Å²) >= 11 is 3.37. The second-order valence-electron chi connectivity index (χ2n) is 2.61. The van der Waals surface area contributed by atoms with E-state index in [1.807, 2.05) is 17.6 Å². The van der Waals surface area contributed by atoms with E-state index in [0.29, 0.717) is 0 Å². The van der Waals surface area contributed by atoms with Crippen LogP contribution in [0.2, 0.25) is 0 Å². The fourth-order valence-corrected chi connectivity index (χ4v) is 2.62. The zero-order valence-corrected chi connectivity index (χ0v) is 8.82. The van der Waals surface area contributed by atoms with Gasteiger partial charge in [-0.05, 0) is 18.6 Å². The average Bonchev–Trinajstić information content (AvgIpc) is 2.72. The SMILES string of the molecule is Cc1ccoc1CSc1nccs1. The van der Waals surface area contributed by atoms with Gasteiger partial charge in [-0.25, -0.2) is 4.98 Å². The number of aromatic nitrogens is 1. The molecule has 0 atom stereocenters. The zero-order valence-electron chi connectivity index (χ0n) is 7.19. The van der Waals surface area contributed by atoms with Crippen molar-refractivity contribution in [1.82, 2.24) is 4.98 Å². The first-order valence-electron chi connectivity index (χ1n) is 3.91.